The summed E-state index contributed by atoms with van der Waals surface area (Å²) in [6.45, 7) is 0.399. The first-order valence-corrected chi connectivity index (χ1v) is 10.7. The van der Waals surface area contributed by atoms with Gasteiger partial charge in [-0.25, -0.2) is 15.0 Å². The van der Waals surface area contributed by atoms with E-state index in [4.69, 9.17) is 15.5 Å². The van der Waals surface area contributed by atoms with Gasteiger partial charge in [0.15, 0.2) is 11.5 Å². The summed E-state index contributed by atoms with van der Waals surface area (Å²) in [6.07, 6.45) is 3.39. The highest BCUT2D eigenvalue weighted by Crippen LogP contribution is 2.30. The summed E-state index contributed by atoms with van der Waals surface area (Å²) < 4.78 is 7.10. The van der Waals surface area contributed by atoms with E-state index in [2.05, 4.69) is 15.3 Å². The van der Waals surface area contributed by atoms with E-state index in [0.717, 1.165) is 28.0 Å². The van der Waals surface area contributed by atoms with Crippen molar-refractivity contribution in [3.05, 3.63) is 96.3 Å². The molecule has 3 N–H and O–H groups in total. The van der Waals surface area contributed by atoms with Crippen LogP contribution in [0.25, 0.3) is 28.2 Å². The molecule has 0 aliphatic carbocycles. The van der Waals surface area contributed by atoms with Crippen LogP contribution in [0.1, 0.15) is 15.9 Å². The zero-order valence-corrected chi connectivity index (χ0v) is 18.5. The number of anilines is 1. The number of hydrogen-bond donors (Lipinski definition) is 2. The quantitative estimate of drug-likeness (QED) is 0.405. The molecule has 0 saturated heterocycles. The van der Waals surface area contributed by atoms with E-state index in [-0.39, 0.29) is 5.91 Å². The molecule has 0 saturated carbocycles. The molecular weight excluding hydrogens is 428 g/mol. The van der Waals surface area contributed by atoms with Crippen molar-refractivity contribution in [3.8, 4) is 22.8 Å². The Morgan fingerprint density at radius 2 is 1.71 bits per heavy atom. The van der Waals surface area contributed by atoms with Crippen molar-refractivity contribution in [1.82, 2.24) is 24.8 Å². The smallest absolute Gasteiger partial charge is 0.251 e. The van der Waals surface area contributed by atoms with Crippen LogP contribution in [0, 0.1) is 0 Å². The van der Waals surface area contributed by atoms with Crippen molar-refractivity contribution < 1.29 is 9.53 Å². The van der Waals surface area contributed by atoms with E-state index in [1.54, 1.807) is 43.8 Å². The SMILES string of the molecule is COc1ccc(C(=O)NCc2ccc(-n3c(-c4cccnc4N)nc4cccnc43)cc2)cc1. The van der Waals surface area contributed by atoms with Gasteiger partial charge in [-0.1, -0.05) is 12.1 Å². The van der Waals surface area contributed by atoms with Crippen LogP contribution in [0.5, 0.6) is 5.75 Å². The lowest BCUT2D eigenvalue weighted by Gasteiger charge is -2.11. The van der Waals surface area contributed by atoms with Crippen LogP contribution in [-0.4, -0.2) is 32.5 Å². The molecule has 0 atom stereocenters. The molecule has 0 radical (unpaired) electrons. The number of ether oxygens (including phenoxy) is 1. The van der Waals surface area contributed by atoms with Gasteiger partial charge in [0.25, 0.3) is 5.91 Å². The first-order valence-electron chi connectivity index (χ1n) is 10.7. The number of benzene rings is 2. The van der Waals surface area contributed by atoms with Gasteiger partial charge in [0.05, 0.1) is 12.7 Å². The second-order valence-electron chi connectivity index (χ2n) is 7.63. The van der Waals surface area contributed by atoms with Crippen LogP contribution in [-0.2, 0) is 6.54 Å². The molecule has 5 rings (SSSR count). The van der Waals surface area contributed by atoms with Gasteiger partial charge in [-0.3, -0.25) is 9.36 Å². The van der Waals surface area contributed by atoms with Crippen LogP contribution < -0.4 is 15.8 Å². The molecule has 34 heavy (non-hydrogen) atoms. The number of amides is 1. The Balaban J connectivity index is 1.41. The molecule has 3 heterocycles. The van der Waals surface area contributed by atoms with Gasteiger partial charge < -0.3 is 15.8 Å². The molecule has 3 aromatic heterocycles. The van der Waals surface area contributed by atoms with Crippen molar-refractivity contribution in [2.24, 2.45) is 0 Å². The maximum Gasteiger partial charge on any atom is 0.251 e. The molecule has 5 aromatic rings. The van der Waals surface area contributed by atoms with Crippen molar-refractivity contribution in [1.29, 1.82) is 0 Å². The van der Waals surface area contributed by atoms with Gasteiger partial charge in [0.2, 0.25) is 0 Å². The molecule has 2 aromatic carbocycles. The van der Waals surface area contributed by atoms with Crippen LogP contribution in [0.3, 0.4) is 0 Å². The number of nitrogen functional groups attached to an aromatic ring is 1. The average molecular weight is 451 g/mol. The van der Waals surface area contributed by atoms with E-state index >= 15 is 0 Å². The van der Waals surface area contributed by atoms with Crippen LogP contribution in [0.2, 0.25) is 0 Å². The largest absolute Gasteiger partial charge is 0.497 e. The number of methoxy groups -OCH3 is 1. The molecular formula is C26H22N6O2. The Morgan fingerprint density at radius 3 is 2.44 bits per heavy atom. The first-order chi connectivity index (χ1) is 16.6. The minimum Gasteiger partial charge on any atom is -0.497 e. The molecule has 0 fully saturated rings. The van der Waals surface area contributed by atoms with Crippen LogP contribution >= 0.6 is 0 Å². The van der Waals surface area contributed by atoms with E-state index in [1.807, 2.05) is 53.1 Å². The van der Waals surface area contributed by atoms with Gasteiger partial charge in [-0.2, -0.15) is 0 Å². The number of nitrogens with two attached hydrogens (primary N) is 1. The average Bonchev–Trinajstić information content (AvgIpc) is 3.27. The minimum absolute atomic E-state index is 0.147. The normalized spacial score (nSPS) is 10.9. The van der Waals surface area contributed by atoms with Crippen molar-refractivity contribution >= 4 is 22.9 Å². The number of rotatable bonds is 6. The summed E-state index contributed by atoms with van der Waals surface area (Å²) in [7, 11) is 1.59. The maximum atomic E-state index is 12.5. The van der Waals surface area contributed by atoms with Crippen LogP contribution in [0.4, 0.5) is 5.82 Å². The van der Waals surface area contributed by atoms with Gasteiger partial charge >= 0.3 is 0 Å². The molecule has 0 bridgehead atoms. The summed E-state index contributed by atoms with van der Waals surface area (Å²) in [5.41, 5.74) is 10.8. The third-order valence-corrected chi connectivity index (χ3v) is 5.50. The lowest BCUT2D eigenvalue weighted by Crippen LogP contribution is -2.22. The molecule has 168 valence electrons. The third kappa shape index (κ3) is 4.04. The summed E-state index contributed by atoms with van der Waals surface area (Å²) in [5, 5.41) is 2.95. The van der Waals surface area contributed by atoms with Crippen LogP contribution in [0.15, 0.2) is 85.2 Å². The number of pyridine rings is 2. The molecule has 0 aliphatic rings. The standard InChI is InChI=1S/C26H22N6O2/c1-34-20-12-8-18(9-13-20)26(33)30-16-17-6-10-19(11-7-17)32-24(21-4-2-14-28-23(21)27)31-22-5-3-15-29-25(22)32/h2-15H,16H2,1H3,(H2,27,28)(H,30,33). The Kier molecular flexibility index (Phi) is 5.61. The Labute approximate surface area is 196 Å². The predicted molar refractivity (Wildman–Crippen MR) is 131 cm³/mol. The molecule has 8 nitrogen and oxygen atoms in total. The topological polar surface area (TPSA) is 108 Å². The summed E-state index contributed by atoms with van der Waals surface area (Å²) in [5.74, 6) is 1.63. The number of hydrogen-bond acceptors (Lipinski definition) is 6. The number of carbonyl (C=O) groups excluding carboxylic acids is 1. The third-order valence-electron chi connectivity index (χ3n) is 5.50. The number of carbonyl (C=O) groups is 1. The van der Waals surface area contributed by atoms with E-state index < -0.39 is 0 Å². The number of nitrogens with one attached hydrogen (secondary N) is 1. The molecule has 0 aliphatic heterocycles. The van der Waals surface area contributed by atoms with Crippen molar-refractivity contribution in [3.63, 3.8) is 0 Å². The van der Waals surface area contributed by atoms with E-state index in [1.165, 1.54) is 0 Å². The fourth-order valence-electron chi connectivity index (χ4n) is 3.73. The summed E-state index contributed by atoms with van der Waals surface area (Å²) in [6, 6.07) is 22.4. The highest BCUT2D eigenvalue weighted by atomic mass is 16.5. The highest BCUT2D eigenvalue weighted by molar-refractivity contribution is 5.94. The maximum absolute atomic E-state index is 12.5. The molecule has 0 spiro atoms. The summed E-state index contributed by atoms with van der Waals surface area (Å²) >= 11 is 0. The van der Waals surface area contributed by atoms with Gasteiger partial charge in [0.1, 0.15) is 17.1 Å². The monoisotopic (exact) mass is 450 g/mol. The second-order valence-corrected chi connectivity index (χ2v) is 7.63. The highest BCUT2D eigenvalue weighted by Gasteiger charge is 2.17. The molecule has 8 heteroatoms. The lowest BCUT2D eigenvalue weighted by molar-refractivity contribution is 0.0951. The number of nitrogens with zero attached hydrogens (tertiary/aromatic N) is 4. The number of aromatic nitrogens is 4. The van der Waals surface area contributed by atoms with E-state index in [9.17, 15) is 4.79 Å². The predicted octanol–water partition coefficient (Wildman–Crippen LogP) is 4.00. The first kappa shape index (κ1) is 21.1. The zero-order valence-electron chi connectivity index (χ0n) is 18.5. The Bertz CT molecular complexity index is 1460. The summed E-state index contributed by atoms with van der Waals surface area (Å²) in [4.78, 5) is 26.0. The zero-order chi connectivity index (χ0) is 23.5. The fourth-order valence-corrected chi connectivity index (χ4v) is 3.73. The minimum atomic E-state index is -0.147. The van der Waals surface area contributed by atoms with Gasteiger partial charge in [-0.15, -0.1) is 0 Å². The van der Waals surface area contributed by atoms with Crippen molar-refractivity contribution in [2.45, 2.75) is 6.54 Å². The number of fused-ring (bicyclic) bond motifs is 1. The van der Waals surface area contributed by atoms with Gasteiger partial charge in [0, 0.05) is 30.2 Å². The Morgan fingerprint density at radius 1 is 0.971 bits per heavy atom. The fraction of sp³-hybridized carbons (Fsp3) is 0.0769. The number of imidazole rings is 1. The Hall–Kier alpha value is -4.72. The second kappa shape index (κ2) is 9.03. The molecule has 1 amide bonds. The molecule has 0 unspecified atom stereocenters. The van der Waals surface area contributed by atoms with E-state index in [0.29, 0.717) is 29.5 Å². The van der Waals surface area contributed by atoms with Gasteiger partial charge in [-0.05, 0) is 66.2 Å². The lowest BCUT2D eigenvalue weighted by atomic mass is 10.1. The van der Waals surface area contributed by atoms with Crippen molar-refractivity contribution in [2.75, 3.05) is 12.8 Å².